The molecule has 2 aromatic carbocycles. The molecule has 2 rings (SSSR count). The smallest absolute Gasteiger partial charge is 0.0454 e. The van der Waals surface area contributed by atoms with Crippen molar-refractivity contribution < 1.29 is 0 Å². The highest BCUT2D eigenvalue weighted by Gasteiger charge is 2.16. The number of benzene rings is 2. The Morgan fingerprint density at radius 2 is 1.90 bits per heavy atom. The van der Waals surface area contributed by atoms with Crippen LogP contribution in [-0.4, -0.2) is 6.54 Å². The number of hydrogen-bond acceptors (Lipinski definition) is 1. The van der Waals surface area contributed by atoms with Crippen molar-refractivity contribution in [1.29, 1.82) is 0 Å². The van der Waals surface area contributed by atoms with Gasteiger partial charge in [-0.3, -0.25) is 0 Å². The molecule has 0 aromatic heterocycles. The van der Waals surface area contributed by atoms with Gasteiger partial charge in [0.05, 0.1) is 0 Å². The standard InChI is InChI=1S/C17H18Br2ClN/c1-2-9-21-17(10-12-5-3-4-6-15(12)19)14-11-13(18)7-8-16(14)20/h3-8,11,17,21H,2,9-10H2,1H3. The van der Waals surface area contributed by atoms with Crippen LogP contribution in [-0.2, 0) is 6.42 Å². The van der Waals surface area contributed by atoms with Crippen LogP contribution in [0.2, 0.25) is 5.02 Å². The van der Waals surface area contributed by atoms with E-state index in [2.05, 4.69) is 68.4 Å². The molecule has 0 bridgehead atoms. The number of hydrogen-bond donors (Lipinski definition) is 1. The van der Waals surface area contributed by atoms with E-state index in [1.807, 2.05) is 18.2 Å². The summed E-state index contributed by atoms with van der Waals surface area (Å²) in [5.41, 5.74) is 2.41. The van der Waals surface area contributed by atoms with Gasteiger partial charge in [0.1, 0.15) is 0 Å². The predicted octanol–water partition coefficient (Wildman–Crippen LogP) is 6.15. The van der Waals surface area contributed by atoms with Gasteiger partial charge in [-0.25, -0.2) is 0 Å². The maximum Gasteiger partial charge on any atom is 0.0454 e. The van der Waals surface area contributed by atoms with Crippen LogP contribution in [0.15, 0.2) is 51.4 Å². The van der Waals surface area contributed by atoms with Crippen molar-refractivity contribution in [2.24, 2.45) is 0 Å². The lowest BCUT2D eigenvalue weighted by Crippen LogP contribution is -2.24. The maximum atomic E-state index is 6.40. The largest absolute Gasteiger partial charge is 0.310 e. The van der Waals surface area contributed by atoms with Gasteiger partial charge in [-0.2, -0.15) is 0 Å². The molecule has 21 heavy (non-hydrogen) atoms. The van der Waals surface area contributed by atoms with E-state index in [4.69, 9.17) is 11.6 Å². The summed E-state index contributed by atoms with van der Waals surface area (Å²) in [6, 6.07) is 14.6. The Hall–Kier alpha value is -0.350. The summed E-state index contributed by atoms with van der Waals surface area (Å²) in [6.45, 7) is 3.14. The van der Waals surface area contributed by atoms with E-state index < -0.39 is 0 Å². The van der Waals surface area contributed by atoms with Crippen LogP contribution in [0.3, 0.4) is 0 Å². The maximum absolute atomic E-state index is 6.40. The van der Waals surface area contributed by atoms with E-state index in [9.17, 15) is 0 Å². The van der Waals surface area contributed by atoms with Gasteiger partial charge in [-0.05, 0) is 54.8 Å². The fraction of sp³-hybridized carbons (Fsp3) is 0.294. The minimum atomic E-state index is 0.202. The lowest BCUT2D eigenvalue weighted by molar-refractivity contribution is 0.528. The van der Waals surface area contributed by atoms with Crippen molar-refractivity contribution in [2.45, 2.75) is 25.8 Å². The summed E-state index contributed by atoms with van der Waals surface area (Å²) in [5, 5.41) is 4.41. The molecule has 0 heterocycles. The van der Waals surface area contributed by atoms with Crippen LogP contribution >= 0.6 is 43.5 Å². The molecule has 1 N–H and O–H groups in total. The van der Waals surface area contributed by atoms with Gasteiger partial charge in [0, 0.05) is 20.0 Å². The van der Waals surface area contributed by atoms with Crippen LogP contribution < -0.4 is 5.32 Å². The van der Waals surface area contributed by atoms with Crippen LogP contribution in [0.5, 0.6) is 0 Å². The van der Waals surface area contributed by atoms with E-state index in [0.29, 0.717) is 0 Å². The zero-order chi connectivity index (χ0) is 15.2. The number of rotatable bonds is 6. The average Bonchev–Trinajstić information content (AvgIpc) is 2.48. The summed E-state index contributed by atoms with van der Waals surface area (Å²) in [5.74, 6) is 0. The minimum absolute atomic E-state index is 0.202. The summed E-state index contributed by atoms with van der Waals surface area (Å²) in [7, 11) is 0. The molecular formula is C17H18Br2ClN. The Kier molecular flexibility index (Phi) is 6.74. The van der Waals surface area contributed by atoms with Gasteiger partial charge in [-0.15, -0.1) is 0 Å². The average molecular weight is 432 g/mol. The molecule has 0 aliphatic rings. The third-order valence-corrected chi connectivity index (χ3v) is 4.97. The summed E-state index contributed by atoms with van der Waals surface area (Å²) in [6.07, 6.45) is 2.00. The first-order valence-corrected chi connectivity index (χ1v) is 9.00. The zero-order valence-corrected chi connectivity index (χ0v) is 15.8. The van der Waals surface area contributed by atoms with Gasteiger partial charge in [0.15, 0.2) is 0 Å². The third-order valence-electron chi connectivity index (χ3n) is 3.36. The second-order valence-electron chi connectivity index (χ2n) is 4.97. The first-order valence-electron chi connectivity index (χ1n) is 7.03. The minimum Gasteiger partial charge on any atom is -0.310 e. The van der Waals surface area contributed by atoms with Crippen LogP contribution in [0.4, 0.5) is 0 Å². The van der Waals surface area contributed by atoms with Crippen molar-refractivity contribution in [1.82, 2.24) is 5.32 Å². The van der Waals surface area contributed by atoms with Crippen molar-refractivity contribution in [3.8, 4) is 0 Å². The Morgan fingerprint density at radius 1 is 1.14 bits per heavy atom. The third kappa shape index (κ3) is 4.82. The fourth-order valence-corrected chi connectivity index (χ4v) is 3.35. The second kappa shape index (κ2) is 8.33. The molecule has 4 heteroatoms. The molecule has 2 aromatic rings. The molecule has 0 spiro atoms. The molecular weight excluding hydrogens is 413 g/mol. The zero-order valence-electron chi connectivity index (χ0n) is 11.9. The first kappa shape index (κ1) is 17.0. The molecule has 0 radical (unpaired) electrons. The van der Waals surface area contributed by atoms with Crippen molar-refractivity contribution in [2.75, 3.05) is 6.54 Å². The molecule has 1 unspecified atom stereocenters. The van der Waals surface area contributed by atoms with Gasteiger partial charge in [0.2, 0.25) is 0 Å². The SMILES string of the molecule is CCCNC(Cc1ccccc1Br)c1cc(Br)ccc1Cl. The lowest BCUT2D eigenvalue weighted by atomic mass is 9.98. The first-order chi connectivity index (χ1) is 10.1. The van der Waals surface area contributed by atoms with E-state index in [0.717, 1.165) is 38.9 Å². The van der Waals surface area contributed by atoms with Crippen molar-refractivity contribution in [3.63, 3.8) is 0 Å². The van der Waals surface area contributed by atoms with Gasteiger partial charge in [0.25, 0.3) is 0 Å². The van der Waals surface area contributed by atoms with Crippen molar-refractivity contribution in [3.05, 3.63) is 67.6 Å². The number of halogens is 3. The Morgan fingerprint density at radius 3 is 2.62 bits per heavy atom. The Labute approximate surface area is 148 Å². The van der Waals surface area contributed by atoms with Gasteiger partial charge in [-0.1, -0.05) is 68.6 Å². The monoisotopic (exact) mass is 429 g/mol. The molecule has 0 aliphatic heterocycles. The summed E-state index contributed by atoms with van der Waals surface area (Å²) < 4.78 is 2.19. The van der Waals surface area contributed by atoms with Crippen LogP contribution in [0, 0.1) is 0 Å². The Bertz CT molecular complexity index is 601. The van der Waals surface area contributed by atoms with E-state index in [1.165, 1.54) is 5.56 Å². The molecule has 0 saturated heterocycles. The molecule has 0 fully saturated rings. The van der Waals surface area contributed by atoms with Crippen molar-refractivity contribution >= 4 is 43.5 Å². The van der Waals surface area contributed by atoms with Crippen LogP contribution in [0.1, 0.15) is 30.5 Å². The highest BCUT2D eigenvalue weighted by atomic mass is 79.9. The van der Waals surface area contributed by atoms with Gasteiger partial charge >= 0.3 is 0 Å². The molecule has 0 saturated carbocycles. The lowest BCUT2D eigenvalue weighted by Gasteiger charge is -2.21. The Balaban J connectivity index is 2.30. The molecule has 1 nitrogen and oxygen atoms in total. The second-order valence-corrected chi connectivity index (χ2v) is 7.15. The van der Waals surface area contributed by atoms with Gasteiger partial charge < -0.3 is 5.32 Å². The summed E-state index contributed by atoms with van der Waals surface area (Å²) >= 11 is 13.6. The fourth-order valence-electron chi connectivity index (χ4n) is 2.28. The summed E-state index contributed by atoms with van der Waals surface area (Å²) in [4.78, 5) is 0. The topological polar surface area (TPSA) is 12.0 Å². The van der Waals surface area contributed by atoms with E-state index in [1.54, 1.807) is 0 Å². The molecule has 1 atom stereocenters. The highest BCUT2D eigenvalue weighted by Crippen LogP contribution is 2.30. The molecule has 112 valence electrons. The molecule has 0 aliphatic carbocycles. The number of nitrogens with one attached hydrogen (secondary N) is 1. The predicted molar refractivity (Wildman–Crippen MR) is 98.0 cm³/mol. The highest BCUT2D eigenvalue weighted by molar-refractivity contribution is 9.10. The quantitative estimate of drug-likeness (QED) is 0.579. The van der Waals surface area contributed by atoms with Crippen LogP contribution in [0.25, 0.3) is 0 Å². The van der Waals surface area contributed by atoms with E-state index >= 15 is 0 Å². The normalized spacial score (nSPS) is 12.4. The molecule has 0 amide bonds. The van der Waals surface area contributed by atoms with E-state index in [-0.39, 0.29) is 6.04 Å².